The lowest BCUT2D eigenvalue weighted by atomic mass is 9.95. The summed E-state index contributed by atoms with van der Waals surface area (Å²) in [6, 6.07) is 16.0. The lowest BCUT2D eigenvalue weighted by Gasteiger charge is -2.31. The van der Waals surface area contributed by atoms with Gasteiger partial charge >= 0.3 is 0 Å². The molecule has 0 saturated carbocycles. The number of piperidine rings is 1. The molecule has 1 aliphatic rings. The number of amides is 1. The highest BCUT2D eigenvalue weighted by Gasteiger charge is 2.26. The molecule has 1 saturated heterocycles. The lowest BCUT2D eigenvalue weighted by Crippen LogP contribution is -2.39. The molecule has 24 heavy (non-hydrogen) atoms. The number of hydrogen-bond donors (Lipinski definition) is 1. The Bertz CT molecular complexity index is 719. The van der Waals surface area contributed by atoms with E-state index in [9.17, 15) is 14.7 Å². The highest BCUT2D eigenvalue weighted by molar-refractivity contribution is 6.15. The second kappa shape index (κ2) is 7.41. The van der Waals surface area contributed by atoms with Crippen molar-refractivity contribution >= 4 is 11.7 Å². The molecule has 2 aromatic carbocycles. The highest BCUT2D eigenvalue weighted by atomic mass is 16.3. The number of nitrogens with zero attached hydrogens (tertiary/aromatic N) is 1. The summed E-state index contributed by atoms with van der Waals surface area (Å²) >= 11 is 0. The van der Waals surface area contributed by atoms with Crippen LogP contribution >= 0.6 is 0 Å². The molecule has 1 amide bonds. The molecule has 3 rings (SSSR count). The van der Waals surface area contributed by atoms with Gasteiger partial charge in [-0.15, -0.1) is 0 Å². The van der Waals surface area contributed by atoms with Gasteiger partial charge in [0.25, 0.3) is 5.91 Å². The first-order chi connectivity index (χ1) is 11.7. The molecule has 1 N–H and O–H groups in total. The van der Waals surface area contributed by atoms with E-state index < -0.39 is 0 Å². The summed E-state index contributed by atoms with van der Waals surface area (Å²) in [6.07, 6.45) is 1.61. The molecular formula is C20H21NO3. The summed E-state index contributed by atoms with van der Waals surface area (Å²) in [6.45, 7) is 1.42. The Hall–Kier alpha value is -2.46. The fourth-order valence-corrected chi connectivity index (χ4v) is 3.10. The third-order valence-corrected chi connectivity index (χ3v) is 4.60. The zero-order chi connectivity index (χ0) is 16.9. The van der Waals surface area contributed by atoms with E-state index in [2.05, 4.69) is 0 Å². The summed E-state index contributed by atoms with van der Waals surface area (Å²) in [5, 5.41) is 9.23. The van der Waals surface area contributed by atoms with E-state index in [1.807, 2.05) is 18.2 Å². The SMILES string of the molecule is O=C(c1ccccc1)c1ccccc1C(=O)N1CCC(CO)CC1. The van der Waals surface area contributed by atoms with Crippen LogP contribution < -0.4 is 0 Å². The van der Waals surface area contributed by atoms with Crippen LogP contribution in [0.1, 0.15) is 39.1 Å². The van der Waals surface area contributed by atoms with Gasteiger partial charge in [0.05, 0.1) is 5.56 Å². The number of hydrogen-bond acceptors (Lipinski definition) is 3. The van der Waals surface area contributed by atoms with E-state index in [0.717, 1.165) is 12.8 Å². The van der Waals surface area contributed by atoms with Crippen molar-refractivity contribution in [2.45, 2.75) is 12.8 Å². The fraction of sp³-hybridized carbons (Fsp3) is 0.300. The van der Waals surface area contributed by atoms with Crippen molar-refractivity contribution in [2.75, 3.05) is 19.7 Å². The number of ketones is 1. The number of aliphatic hydroxyl groups excluding tert-OH is 1. The van der Waals surface area contributed by atoms with Gasteiger partial charge in [-0.05, 0) is 24.8 Å². The van der Waals surface area contributed by atoms with Gasteiger partial charge < -0.3 is 10.0 Å². The monoisotopic (exact) mass is 323 g/mol. The molecule has 0 aromatic heterocycles. The van der Waals surface area contributed by atoms with Crippen LogP contribution in [0.2, 0.25) is 0 Å². The fourth-order valence-electron chi connectivity index (χ4n) is 3.10. The zero-order valence-electron chi connectivity index (χ0n) is 13.5. The van der Waals surface area contributed by atoms with Crippen LogP contribution in [0.5, 0.6) is 0 Å². The Morgan fingerprint density at radius 1 is 0.917 bits per heavy atom. The van der Waals surface area contributed by atoms with Gasteiger partial charge in [-0.25, -0.2) is 0 Å². The molecule has 0 radical (unpaired) electrons. The summed E-state index contributed by atoms with van der Waals surface area (Å²) in [4.78, 5) is 27.4. The Labute approximate surface area is 141 Å². The number of carbonyl (C=O) groups is 2. The van der Waals surface area contributed by atoms with Crippen LogP contribution in [-0.4, -0.2) is 41.4 Å². The molecule has 2 aromatic rings. The lowest BCUT2D eigenvalue weighted by molar-refractivity contribution is 0.0648. The van der Waals surface area contributed by atoms with Crippen LogP contribution in [0.4, 0.5) is 0 Å². The number of benzene rings is 2. The first-order valence-electron chi connectivity index (χ1n) is 8.29. The molecular weight excluding hydrogens is 302 g/mol. The van der Waals surface area contributed by atoms with Crippen LogP contribution in [0.15, 0.2) is 54.6 Å². The molecule has 0 unspecified atom stereocenters. The molecule has 1 aliphatic heterocycles. The Balaban J connectivity index is 1.84. The van der Waals surface area contributed by atoms with Crippen LogP contribution in [-0.2, 0) is 0 Å². The third-order valence-electron chi connectivity index (χ3n) is 4.60. The average Bonchev–Trinajstić information content (AvgIpc) is 2.67. The van der Waals surface area contributed by atoms with E-state index >= 15 is 0 Å². The van der Waals surface area contributed by atoms with Crippen molar-refractivity contribution in [1.82, 2.24) is 4.90 Å². The maximum Gasteiger partial charge on any atom is 0.254 e. The molecule has 1 fully saturated rings. The quantitative estimate of drug-likeness (QED) is 0.880. The van der Waals surface area contributed by atoms with Crippen molar-refractivity contribution in [3.05, 3.63) is 71.3 Å². The van der Waals surface area contributed by atoms with Crippen molar-refractivity contribution in [1.29, 1.82) is 0 Å². The van der Waals surface area contributed by atoms with Gasteiger partial charge in [0.2, 0.25) is 0 Å². The van der Waals surface area contributed by atoms with Gasteiger partial charge in [0.15, 0.2) is 5.78 Å². The standard InChI is InChI=1S/C20H21NO3/c22-14-15-10-12-21(13-11-15)20(24)18-9-5-4-8-17(18)19(23)16-6-2-1-3-7-16/h1-9,15,22H,10-14H2. The number of aliphatic hydroxyl groups is 1. The molecule has 0 aliphatic carbocycles. The summed E-state index contributed by atoms with van der Waals surface area (Å²) in [7, 11) is 0. The van der Waals surface area contributed by atoms with Crippen molar-refractivity contribution < 1.29 is 14.7 Å². The molecule has 124 valence electrons. The molecule has 4 heteroatoms. The maximum atomic E-state index is 12.9. The van der Waals surface area contributed by atoms with Crippen molar-refractivity contribution in [3.63, 3.8) is 0 Å². The van der Waals surface area contributed by atoms with E-state index in [4.69, 9.17) is 0 Å². The molecule has 0 spiro atoms. The van der Waals surface area contributed by atoms with E-state index in [1.165, 1.54) is 0 Å². The predicted molar refractivity (Wildman–Crippen MR) is 92.0 cm³/mol. The van der Waals surface area contributed by atoms with Crippen molar-refractivity contribution in [3.8, 4) is 0 Å². The normalized spacial score (nSPS) is 15.3. The van der Waals surface area contributed by atoms with Gasteiger partial charge in [-0.2, -0.15) is 0 Å². The van der Waals surface area contributed by atoms with Crippen LogP contribution in [0, 0.1) is 5.92 Å². The topological polar surface area (TPSA) is 57.6 Å². The summed E-state index contributed by atoms with van der Waals surface area (Å²) in [5.74, 6) is 0.0336. The van der Waals surface area contributed by atoms with Crippen LogP contribution in [0.25, 0.3) is 0 Å². The minimum Gasteiger partial charge on any atom is -0.396 e. The smallest absolute Gasteiger partial charge is 0.254 e. The second-order valence-electron chi connectivity index (χ2n) is 6.16. The first-order valence-corrected chi connectivity index (χ1v) is 8.29. The van der Waals surface area contributed by atoms with Gasteiger partial charge in [-0.1, -0.05) is 48.5 Å². The zero-order valence-corrected chi connectivity index (χ0v) is 13.5. The van der Waals surface area contributed by atoms with Gasteiger partial charge in [0, 0.05) is 30.8 Å². The number of likely N-dealkylation sites (tertiary alicyclic amines) is 1. The molecule has 0 atom stereocenters. The Morgan fingerprint density at radius 2 is 1.50 bits per heavy atom. The van der Waals surface area contributed by atoms with Crippen molar-refractivity contribution in [2.24, 2.45) is 5.92 Å². The Morgan fingerprint density at radius 3 is 2.12 bits per heavy atom. The third kappa shape index (κ3) is 3.39. The highest BCUT2D eigenvalue weighted by Crippen LogP contribution is 2.21. The minimum atomic E-state index is -0.134. The van der Waals surface area contributed by atoms with Crippen LogP contribution in [0.3, 0.4) is 0 Å². The molecule has 0 bridgehead atoms. The second-order valence-corrected chi connectivity index (χ2v) is 6.16. The van der Waals surface area contributed by atoms with Gasteiger partial charge in [0.1, 0.15) is 0 Å². The maximum absolute atomic E-state index is 12.9. The largest absolute Gasteiger partial charge is 0.396 e. The predicted octanol–water partition coefficient (Wildman–Crippen LogP) is 2.76. The average molecular weight is 323 g/mol. The minimum absolute atomic E-state index is 0.105. The number of carbonyl (C=O) groups excluding carboxylic acids is 2. The van der Waals surface area contributed by atoms with E-state index in [1.54, 1.807) is 41.3 Å². The summed E-state index contributed by atoms with van der Waals surface area (Å²) < 4.78 is 0. The first kappa shape index (κ1) is 16.4. The summed E-state index contributed by atoms with van der Waals surface area (Å²) in [5.41, 5.74) is 1.48. The van der Waals surface area contributed by atoms with Gasteiger partial charge in [-0.3, -0.25) is 9.59 Å². The Kier molecular flexibility index (Phi) is 5.06. The molecule has 4 nitrogen and oxygen atoms in total. The van der Waals surface area contributed by atoms with E-state index in [0.29, 0.717) is 29.8 Å². The van der Waals surface area contributed by atoms with E-state index in [-0.39, 0.29) is 24.2 Å². The number of rotatable bonds is 4. The molecule has 1 heterocycles.